The fourth-order valence-electron chi connectivity index (χ4n) is 2.25. The van der Waals surface area contributed by atoms with Crippen LogP contribution in [0.15, 0.2) is 46.8 Å². The van der Waals surface area contributed by atoms with Gasteiger partial charge in [0.2, 0.25) is 5.78 Å². The Morgan fingerprint density at radius 1 is 1.33 bits per heavy atom. The molecule has 0 aliphatic carbocycles. The summed E-state index contributed by atoms with van der Waals surface area (Å²) in [5.74, 6) is 0.821. The summed E-state index contributed by atoms with van der Waals surface area (Å²) in [5.41, 5.74) is 0.434. The van der Waals surface area contributed by atoms with Gasteiger partial charge in [-0.05, 0) is 38.1 Å². The Balaban J connectivity index is 1.77. The van der Waals surface area contributed by atoms with Crippen LogP contribution in [0, 0.1) is 0 Å². The lowest BCUT2D eigenvalue weighted by atomic mass is 10.1. The van der Waals surface area contributed by atoms with Crippen LogP contribution in [0.1, 0.15) is 30.0 Å². The molecule has 1 unspecified atom stereocenters. The highest BCUT2D eigenvalue weighted by molar-refractivity contribution is 6.14. The molecule has 1 aromatic heterocycles. The molecule has 0 spiro atoms. The van der Waals surface area contributed by atoms with Gasteiger partial charge in [-0.2, -0.15) is 0 Å². The van der Waals surface area contributed by atoms with Gasteiger partial charge in [-0.25, -0.2) is 4.79 Å². The van der Waals surface area contributed by atoms with Gasteiger partial charge >= 0.3 is 5.97 Å². The number of rotatable bonds is 5. The lowest BCUT2D eigenvalue weighted by molar-refractivity contribution is -0.150. The van der Waals surface area contributed by atoms with Crippen molar-refractivity contribution in [2.24, 2.45) is 0 Å². The minimum atomic E-state index is -0.752. The van der Waals surface area contributed by atoms with E-state index in [1.807, 2.05) is 0 Å². The highest BCUT2D eigenvalue weighted by atomic mass is 16.6. The van der Waals surface area contributed by atoms with Crippen LogP contribution in [0.5, 0.6) is 11.5 Å². The third kappa shape index (κ3) is 3.17. The Bertz CT molecular complexity index is 788. The second kappa shape index (κ2) is 6.62. The third-order valence-corrected chi connectivity index (χ3v) is 3.39. The lowest BCUT2D eigenvalue weighted by Gasteiger charge is -2.13. The number of carbonyl (C=O) groups excluding carboxylic acids is 2. The molecule has 0 saturated carbocycles. The molecule has 0 fully saturated rings. The molecule has 6 heteroatoms. The van der Waals surface area contributed by atoms with E-state index in [0.717, 1.165) is 0 Å². The average molecular weight is 328 g/mol. The molecule has 1 aliphatic heterocycles. The maximum atomic E-state index is 12.3. The number of allylic oxidation sites excluding steroid dienone is 1. The van der Waals surface area contributed by atoms with Gasteiger partial charge in [0.05, 0.1) is 18.4 Å². The minimum Gasteiger partial charge on any atom is -0.479 e. The van der Waals surface area contributed by atoms with Crippen molar-refractivity contribution in [1.29, 1.82) is 0 Å². The van der Waals surface area contributed by atoms with Crippen molar-refractivity contribution >= 4 is 17.8 Å². The van der Waals surface area contributed by atoms with Crippen LogP contribution < -0.4 is 9.47 Å². The molecule has 0 radical (unpaired) electrons. The highest BCUT2D eigenvalue weighted by Crippen LogP contribution is 2.35. The molecule has 2 aromatic rings. The highest BCUT2D eigenvalue weighted by Gasteiger charge is 2.28. The van der Waals surface area contributed by atoms with Crippen molar-refractivity contribution < 1.29 is 28.2 Å². The zero-order valence-corrected chi connectivity index (χ0v) is 13.3. The summed E-state index contributed by atoms with van der Waals surface area (Å²) in [6, 6.07) is 8.25. The molecule has 1 atom stereocenters. The summed E-state index contributed by atoms with van der Waals surface area (Å²) >= 11 is 0. The van der Waals surface area contributed by atoms with Crippen LogP contribution >= 0.6 is 0 Å². The number of hydrogen-bond donors (Lipinski definition) is 0. The van der Waals surface area contributed by atoms with E-state index in [1.54, 1.807) is 44.2 Å². The van der Waals surface area contributed by atoms with Crippen LogP contribution in [0.25, 0.3) is 6.08 Å². The lowest BCUT2D eigenvalue weighted by Crippen LogP contribution is -2.26. The second-order valence-corrected chi connectivity index (χ2v) is 5.13. The van der Waals surface area contributed by atoms with Gasteiger partial charge < -0.3 is 18.6 Å². The molecular formula is C18H16O6. The number of ether oxygens (including phenoxy) is 3. The number of esters is 1. The Hall–Kier alpha value is -3.02. The van der Waals surface area contributed by atoms with Gasteiger partial charge in [-0.3, -0.25) is 4.79 Å². The monoisotopic (exact) mass is 328 g/mol. The molecule has 24 heavy (non-hydrogen) atoms. The van der Waals surface area contributed by atoms with E-state index < -0.39 is 12.1 Å². The number of Topliss-reactive ketones (excluding diaryl/α,β-unsaturated/α-hetero) is 1. The van der Waals surface area contributed by atoms with Crippen LogP contribution in [0.2, 0.25) is 0 Å². The molecule has 124 valence electrons. The maximum Gasteiger partial charge on any atom is 0.347 e. The molecule has 6 nitrogen and oxygen atoms in total. The van der Waals surface area contributed by atoms with Crippen LogP contribution in [0.3, 0.4) is 0 Å². The number of carbonyl (C=O) groups is 2. The van der Waals surface area contributed by atoms with Crippen molar-refractivity contribution in [3.63, 3.8) is 0 Å². The Morgan fingerprint density at radius 2 is 2.17 bits per heavy atom. The number of furan rings is 1. The first-order valence-corrected chi connectivity index (χ1v) is 7.53. The molecule has 0 saturated heterocycles. The van der Waals surface area contributed by atoms with Crippen LogP contribution in [0.4, 0.5) is 0 Å². The number of benzene rings is 1. The van der Waals surface area contributed by atoms with Gasteiger partial charge in [0.1, 0.15) is 17.3 Å². The van der Waals surface area contributed by atoms with E-state index in [1.165, 1.54) is 12.3 Å². The molecule has 0 N–H and O–H groups in total. The zero-order valence-electron chi connectivity index (χ0n) is 13.3. The first-order valence-electron chi connectivity index (χ1n) is 7.53. The summed E-state index contributed by atoms with van der Waals surface area (Å²) in [7, 11) is 0. The first kappa shape index (κ1) is 15.9. The zero-order chi connectivity index (χ0) is 17.1. The van der Waals surface area contributed by atoms with E-state index >= 15 is 0 Å². The molecule has 3 rings (SSSR count). The predicted octanol–water partition coefficient (Wildman–Crippen LogP) is 3.23. The summed E-state index contributed by atoms with van der Waals surface area (Å²) in [4.78, 5) is 23.9. The second-order valence-electron chi connectivity index (χ2n) is 5.13. The van der Waals surface area contributed by atoms with E-state index in [4.69, 9.17) is 18.6 Å². The fraction of sp³-hybridized carbons (Fsp3) is 0.222. The number of fused-ring (bicyclic) bond motifs is 1. The summed E-state index contributed by atoms with van der Waals surface area (Å²) < 4.78 is 21.2. The third-order valence-electron chi connectivity index (χ3n) is 3.39. The van der Waals surface area contributed by atoms with Gasteiger partial charge in [0, 0.05) is 12.1 Å². The van der Waals surface area contributed by atoms with Crippen molar-refractivity contribution in [2.45, 2.75) is 20.0 Å². The molecule has 1 aromatic carbocycles. The standard InChI is InChI=1S/C18H16O6/c1-3-21-18(20)11(2)23-13-6-7-14-15(10-13)24-16(17(14)19)9-12-5-4-8-22-12/h4-11H,3H2,1-2H3/b16-9-. The van der Waals surface area contributed by atoms with Gasteiger partial charge in [0.25, 0.3) is 0 Å². The van der Waals surface area contributed by atoms with Gasteiger partial charge in [-0.15, -0.1) is 0 Å². The summed E-state index contributed by atoms with van der Waals surface area (Å²) in [6.07, 6.45) is 2.30. The summed E-state index contributed by atoms with van der Waals surface area (Å²) in [6.45, 7) is 3.61. The molecule has 0 bridgehead atoms. The van der Waals surface area contributed by atoms with Gasteiger partial charge in [-0.1, -0.05) is 0 Å². The molecule has 1 aliphatic rings. The van der Waals surface area contributed by atoms with Crippen molar-refractivity contribution in [3.05, 3.63) is 53.7 Å². The molecule has 0 amide bonds. The number of ketones is 1. The predicted molar refractivity (Wildman–Crippen MR) is 84.8 cm³/mol. The summed E-state index contributed by atoms with van der Waals surface area (Å²) in [5, 5.41) is 0. The van der Waals surface area contributed by atoms with E-state index in [9.17, 15) is 9.59 Å². The van der Waals surface area contributed by atoms with E-state index in [0.29, 0.717) is 22.8 Å². The van der Waals surface area contributed by atoms with E-state index in [-0.39, 0.29) is 18.1 Å². The number of hydrogen-bond acceptors (Lipinski definition) is 6. The Morgan fingerprint density at radius 3 is 2.88 bits per heavy atom. The van der Waals surface area contributed by atoms with Crippen molar-refractivity contribution in [1.82, 2.24) is 0 Å². The Kier molecular flexibility index (Phi) is 4.37. The normalized spacial score (nSPS) is 15.8. The minimum absolute atomic E-state index is 0.176. The largest absolute Gasteiger partial charge is 0.479 e. The maximum absolute atomic E-state index is 12.3. The quantitative estimate of drug-likeness (QED) is 0.619. The molecule has 2 heterocycles. The SMILES string of the molecule is CCOC(=O)C(C)Oc1ccc2c(c1)O/C(=C\c1ccco1)C2=O. The van der Waals surface area contributed by atoms with Crippen LogP contribution in [-0.2, 0) is 9.53 Å². The molecular weight excluding hydrogens is 312 g/mol. The topological polar surface area (TPSA) is 75.0 Å². The van der Waals surface area contributed by atoms with E-state index in [2.05, 4.69) is 0 Å². The first-order chi connectivity index (χ1) is 11.6. The van der Waals surface area contributed by atoms with Crippen molar-refractivity contribution in [2.75, 3.05) is 6.61 Å². The van der Waals surface area contributed by atoms with Gasteiger partial charge in [0.15, 0.2) is 11.9 Å². The Labute approximate surface area is 138 Å². The van der Waals surface area contributed by atoms with Crippen molar-refractivity contribution in [3.8, 4) is 11.5 Å². The smallest absolute Gasteiger partial charge is 0.347 e. The van der Waals surface area contributed by atoms with Crippen LogP contribution in [-0.4, -0.2) is 24.5 Å². The fourth-order valence-corrected chi connectivity index (χ4v) is 2.25. The average Bonchev–Trinajstić information content (AvgIpc) is 3.17.